The molecule has 20 heavy (non-hydrogen) atoms. The van der Waals surface area contributed by atoms with Crippen molar-refractivity contribution in [1.82, 2.24) is 0 Å². The first-order chi connectivity index (χ1) is 9.34. The molecule has 4 nitrogen and oxygen atoms in total. The minimum atomic E-state index is -4.39. The summed E-state index contributed by atoms with van der Waals surface area (Å²) in [6, 6.07) is 3.84. The summed E-state index contributed by atoms with van der Waals surface area (Å²) in [5.74, 6) is -0.600. The van der Waals surface area contributed by atoms with E-state index in [1.807, 2.05) is 0 Å². The van der Waals surface area contributed by atoms with Crippen molar-refractivity contribution in [3.05, 3.63) is 35.4 Å². The minimum absolute atomic E-state index is 0.0585. The maximum absolute atomic E-state index is 12.5. The number of nitrogens with two attached hydrogens (primary N) is 1. The zero-order chi connectivity index (χ0) is 15.2. The Bertz CT molecular complexity index is 449. The predicted octanol–water partition coefficient (Wildman–Crippen LogP) is 2.11. The van der Waals surface area contributed by atoms with Crippen LogP contribution >= 0.6 is 0 Å². The van der Waals surface area contributed by atoms with Crippen LogP contribution in [0.5, 0.6) is 0 Å². The molecule has 0 saturated carbocycles. The molecule has 0 aromatic heterocycles. The van der Waals surface area contributed by atoms with Crippen LogP contribution in [0.4, 0.5) is 13.2 Å². The zero-order valence-corrected chi connectivity index (χ0v) is 10.9. The van der Waals surface area contributed by atoms with Crippen LogP contribution in [0.25, 0.3) is 0 Å². The van der Waals surface area contributed by atoms with Crippen molar-refractivity contribution in [3.63, 3.8) is 0 Å². The van der Waals surface area contributed by atoms with E-state index in [1.165, 1.54) is 12.1 Å². The second-order valence-electron chi connectivity index (χ2n) is 4.07. The molecule has 1 rings (SSSR count). The molecule has 2 N–H and O–H groups in total. The van der Waals surface area contributed by atoms with E-state index in [1.54, 1.807) is 6.92 Å². The van der Waals surface area contributed by atoms with Gasteiger partial charge in [0.05, 0.1) is 25.4 Å². The molecular weight excluding hydrogens is 275 g/mol. The normalized spacial score (nSPS) is 13.1. The van der Waals surface area contributed by atoms with Gasteiger partial charge >= 0.3 is 12.1 Å². The van der Waals surface area contributed by atoms with Crippen molar-refractivity contribution in [1.29, 1.82) is 0 Å². The van der Waals surface area contributed by atoms with Gasteiger partial charge in [0.1, 0.15) is 6.04 Å². The Morgan fingerprint density at radius 3 is 2.70 bits per heavy atom. The second-order valence-corrected chi connectivity index (χ2v) is 4.07. The van der Waals surface area contributed by atoms with Gasteiger partial charge in [0.25, 0.3) is 0 Å². The largest absolute Gasteiger partial charge is 0.465 e. The summed E-state index contributed by atoms with van der Waals surface area (Å²) in [4.78, 5) is 11.2. The smallest absolute Gasteiger partial charge is 0.416 e. The van der Waals surface area contributed by atoms with Crippen LogP contribution in [0.1, 0.15) is 18.1 Å². The first kappa shape index (κ1) is 16.5. The highest BCUT2D eigenvalue weighted by atomic mass is 19.4. The lowest BCUT2D eigenvalue weighted by Gasteiger charge is -2.12. The third kappa shape index (κ3) is 5.18. The molecular formula is C13H16F3NO3. The average Bonchev–Trinajstić information content (AvgIpc) is 2.38. The number of hydrogen-bond acceptors (Lipinski definition) is 4. The molecule has 0 aliphatic heterocycles. The number of ether oxygens (including phenoxy) is 2. The molecule has 1 atom stereocenters. The first-order valence-electron chi connectivity index (χ1n) is 6.00. The SMILES string of the molecule is CCOC(=O)C(N)COCc1cccc(C(F)(F)F)c1. The third-order valence-electron chi connectivity index (χ3n) is 2.41. The fourth-order valence-electron chi connectivity index (χ4n) is 1.46. The predicted molar refractivity (Wildman–Crippen MR) is 65.7 cm³/mol. The highest BCUT2D eigenvalue weighted by molar-refractivity contribution is 5.75. The minimum Gasteiger partial charge on any atom is -0.465 e. The van der Waals surface area contributed by atoms with Gasteiger partial charge in [-0.25, -0.2) is 0 Å². The molecule has 1 aromatic carbocycles. The molecule has 0 aliphatic rings. The van der Waals surface area contributed by atoms with E-state index in [0.29, 0.717) is 5.56 Å². The van der Waals surface area contributed by atoms with Crippen LogP contribution in [-0.4, -0.2) is 25.2 Å². The van der Waals surface area contributed by atoms with Gasteiger partial charge in [0, 0.05) is 0 Å². The Hall–Kier alpha value is -1.60. The van der Waals surface area contributed by atoms with Gasteiger partial charge in [-0.1, -0.05) is 12.1 Å². The maximum Gasteiger partial charge on any atom is 0.416 e. The van der Waals surface area contributed by atoms with Crippen molar-refractivity contribution < 1.29 is 27.4 Å². The standard InChI is InChI=1S/C13H16F3NO3/c1-2-20-12(18)11(17)8-19-7-9-4-3-5-10(6-9)13(14,15)16/h3-6,11H,2,7-8,17H2,1H3. The number of rotatable bonds is 6. The summed E-state index contributed by atoms with van der Waals surface area (Å²) in [6.07, 6.45) is -4.39. The van der Waals surface area contributed by atoms with Crippen molar-refractivity contribution in [2.45, 2.75) is 25.7 Å². The van der Waals surface area contributed by atoms with Crippen LogP contribution in [0.15, 0.2) is 24.3 Å². The Morgan fingerprint density at radius 2 is 2.10 bits per heavy atom. The van der Waals surface area contributed by atoms with E-state index >= 15 is 0 Å². The van der Waals surface area contributed by atoms with E-state index < -0.39 is 23.8 Å². The Labute approximate surface area is 114 Å². The van der Waals surface area contributed by atoms with Crippen LogP contribution < -0.4 is 5.73 Å². The fourth-order valence-corrected chi connectivity index (χ4v) is 1.46. The van der Waals surface area contributed by atoms with Gasteiger partial charge in [0.2, 0.25) is 0 Å². The van der Waals surface area contributed by atoms with Crippen LogP contribution in [0.3, 0.4) is 0 Å². The van der Waals surface area contributed by atoms with Crippen molar-refractivity contribution in [2.24, 2.45) is 5.73 Å². The second kappa shape index (κ2) is 7.25. The van der Waals surface area contributed by atoms with Crippen LogP contribution in [-0.2, 0) is 27.1 Å². The highest BCUT2D eigenvalue weighted by Crippen LogP contribution is 2.29. The number of benzene rings is 1. The lowest BCUT2D eigenvalue weighted by atomic mass is 10.1. The molecule has 0 amide bonds. The van der Waals surface area contributed by atoms with Gasteiger partial charge < -0.3 is 15.2 Å². The molecule has 0 bridgehead atoms. The van der Waals surface area contributed by atoms with Gasteiger partial charge in [-0.05, 0) is 24.6 Å². The molecule has 112 valence electrons. The number of halogens is 3. The maximum atomic E-state index is 12.5. The quantitative estimate of drug-likeness (QED) is 0.815. The van der Waals surface area contributed by atoms with E-state index in [0.717, 1.165) is 12.1 Å². The number of esters is 1. The summed E-state index contributed by atoms with van der Waals surface area (Å²) < 4.78 is 47.3. The Balaban J connectivity index is 2.48. The van der Waals surface area contributed by atoms with E-state index in [-0.39, 0.29) is 19.8 Å². The fraction of sp³-hybridized carbons (Fsp3) is 0.462. The third-order valence-corrected chi connectivity index (χ3v) is 2.41. The molecule has 0 radical (unpaired) electrons. The molecule has 0 heterocycles. The molecule has 1 unspecified atom stereocenters. The molecule has 0 saturated heterocycles. The Kier molecular flexibility index (Phi) is 5.97. The molecule has 0 spiro atoms. The van der Waals surface area contributed by atoms with Gasteiger partial charge in [-0.2, -0.15) is 13.2 Å². The van der Waals surface area contributed by atoms with Crippen LogP contribution in [0.2, 0.25) is 0 Å². The topological polar surface area (TPSA) is 61.5 Å². The highest BCUT2D eigenvalue weighted by Gasteiger charge is 2.30. The number of carbonyl (C=O) groups excluding carboxylic acids is 1. The summed E-state index contributed by atoms with van der Waals surface area (Å²) >= 11 is 0. The lowest BCUT2D eigenvalue weighted by Crippen LogP contribution is -2.36. The lowest BCUT2D eigenvalue weighted by molar-refractivity contribution is -0.146. The van der Waals surface area contributed by atoms with Gasteiger partial charge in [-0.3, -0.25) is 4.79 Å². The Morgan fingerprint density at radius 1 is 1.40 bits per heavy atom. The first-order valence-corrected chi connectivity index (χ1v) is 6.00. The summed E-state index contributed by atoms with van der Waals surface area (Å²) in [6.45, 7) is 1.68. The number of carbonyl (C=O) groups is 1. The van der Waals surface area contributed by atoms with Crippen molar-refractivity contribution >= 4 is 5.97 Å². The van der Waals surface area contributed by atoms with Gasteiger partial charge in [0.15, 0.2) is 0 Å². The van der Waals surface area contributed by atoms with E-state index in [2.05, 4.69) is 4.74 Å². The van der Waals surface area contributed by atoms with E-state index in [4.69, 9.17) is 10.5 Å². The molecule has 0 fully saturated rings. The summed E-state index contributed by atoms with van der Waals surface area (Å²) in [5, 5.41) is 0. The molecule has 7 heteroatoms. The average molecular weight is 291 g/mol. The monoisotopic (exact) mass is 291 g/mol. The zero-order valence-electron chi connectivity index (χ0n) is 10.9. The number of hydrogen-bond donors (Lipinski definition) is 1. The summed E-state index contributed by atoms with van der Waals surface area (Å²) in [7, 11) is 0. The van der Waals surface area contributed by atoms with Gasteiger partial charge in [-0.15, -0.1) is 0 Å². The summed E-state index contributed by atoms with van der Waals surface area (Å²) in [5.41, 5.74) is 5.10. The molecule has 0 aliphatic carbocycles. The van der Waals surface area contributed by atoms with Crippen molar-refractivity contribution in [2.75, 3.05) is 13.2 Å². The van der Waals surface area contributed by atoms with E-state index in [9.17, 15) is 18.0 Å². The van der Waals surface area contributed by atoms with Crippen LogP contribution in [0, 0.1) is 0 Å². The molecule has 1 aromatic rings. The van der Waals surface area contributed by atoms with Crippen molar-refractivity contribution in [3.8, 4) is 0 Å². The number of alkyl halides is 3.